The first-order valence-electron chi connectivity index (χ1n) is 6.75. The summed E-state index contributed by atoms with van der Waals surface area (Å²) in [5.74, 6) is 0.901. The lowest BCUT2D eigenvalue weighted by Crippen LogP contribution is -2.22. The molecule has 0 amide bonds. The molecular formula is C17H20INO. The van der Waals surface area contributed by atoms with Crippen LogP contribution in [0.2, 0.25) is 0 Å². The normalized spacial score (nSPS) is 13.8. The smallest absolute Gasteiger partial charge is 0.119 e. The molecular weight excluding hydrogens is 361 g/mol. The Balaban J connectivity index is 2.06. The predicted molar refractivity (Wildman–Crippen MR) is 92.1 cm³/mol. The molecule has 0 saturated heterocycles. The molecule has 1 N–H and O–H groups in total. The molecule has 2 aromatic rings. The zero-order valence-electron chi connectivity index (χ0n) is 12.1. The molecule has 0 aromatic heterocycles. The number of benzene rings is 2. The predicted octanol–water partition coefficient (Wildman–Crippen LogP) is 4.71. The third-order valence-electron chi connectivity index (χ3n) is 3.46. The molecule has 2 aromatic carbocycles. The number of hydrogen-bond acceptors (Lipinski definition) is 2. The Morgan fingerprint density at radius 3 is 2.25 bits per heavy atom. The molecule has 3 heteroatoms. The average Bonchev–Trinajstić information content (AvgIpc) is 2.47. The molecule has 2 unspecified atom stereocenters. The van der Waals surface area contributed by atoms with E-state index in [0.29, 0.717) is 6.04 Å². The number of halogens is 1. The molecule has 0 aliphatic heterocycles. The second kappa shape index (κ2) is 7.09. The lowest BCUT2D eigenvalue weighted by atomic mass is 10.0. The minimum atomic E-state index is 0.277. The fraction of sp³-hybridized carbons (Fsp3) is 0.294. The van der Waals surface area contributed by atoms with Crippen LogP contribution in [0.25, 0.3) is 0 Å². The highest BCUT2D eigenvalue weighted by atomic mass is 127. The fourth-order valence-electron chi connectivity index (χ4n) is 2.23. The Hall–Kier alpha value is -1.07. The summed E-state index contributed by atoms with van der Waals surface area (Å²) in [5.41, 5.74) is 2.54. The summed E-state index contributed by atoms with van der Waals surface area (Å²) in [6.07, 6.45) is 0. The molecule has 0 spiro atoms. The van der Waals surface area contributed by atoms with E-state index in [1.807, 2.05) is 12.1 Å². The van der Waals surface area contributed by atoms with Crippen molar-refractivity contribution in [2.75, 3.05) is 7.11 Å². The molecule has 0 saturated carbocycles. The Morgan fingerprint density at radius 1 is 0.950 bits per heavy atom. The van der Waals surface area contributed by atoms with Gasteiger partial charge in [0.1, 0.15) is 5.75 Å². The summed E-state index contributed by atoms with van der Waals surface area (Å²) in [7, 11) is 1.70. The average molecular weight is 381 g/mol. The summed E-state index contributed by atoms with van der Waals surface area (Å²) in [4.78, 5) is 0. The topological polar surface area (TPSA) is 21.3 Å². The second-order valence-corrected chi connectivity index (χ2v) is 6.18. The van der Waals surface area contributed by atoms with Crippen molar-refractivity contribution in [1.82, 2.24) is 5.32 Å². The van der Waals surface area contributed by atoms with Gasteiger partial charge >= 0.3 is 0 Å². The van der Waals surface area contributed by atoms with E-state index in [2.05, 4.69) is 78.2 Å². The van der Waals surface area contributed by atoms with Gasteiger partial charge in [0.25, 0.3) is 0 Å². The third-order valence-corrected chi connectivity index (χ3v) is 4.18. The minimum Gasteiger partial charge on any atom is -0.497 e. The fourth-order valence-corrected chi connectivity index (χ4v) is 2.59. The monoisotopic (exact) mass is 381 g/mol. The summed E-state index contributed by atoms with van der Waals surface area (Å²) < 4.78 is 6.54. The van der Waals surface area contributed by atoms with Crippen molar-refractivity contribution >= 4 is 22.6 Å². The standard InChI is InChI=1S/C17H20INO/c1-12(14-7-9-16(18)10-8-14)19-13(2)15-5-4-6-17(11-15)20-3/h4-13,19H,1-3H3. The highest BCUT2D eigenvalue weighted by Gasteiger charge is 2.11. The van der Waals surface area contributed by atoms with E-state index in [4.69, 9.17) is 4.74 Å². The first kappa shape index (κ1) is 15.3. The zero-order chi connectivity index (χ0) is 14.5. The Labute approximate surface area is 134 Å². The van der Waals surface area contributed by atoms with E-state index in [1.165, 1.54) is 14.7 Å². The van der Waals surface area contributed by atoms with Crippen LogP contribution < -0.4 is 10.1 Å². The molecule has 106 valence electrons. The van der Waals surface area contributed by atoms with Gasteiger partial charge in [-0.2, -0.15) is 0 Å². The Bertz CT molecular complexity index is 553. The van der Waals surface area contributed by atoms with Crippen molar-refractivity contribution in [2.24, 2.45) is 0 Å². The maximum absolute atomic E-state index is 5.28. The summed E-state index contributed by atoms with van der Waals surface area (Å²) >= 11 is 2.33. The zero-order valence-corrected chi connectivity index (χ0v) is 14.2. The van der Waals surface area contributed by atoms with Crippen LogP contribution in [0.1, 0.15) is 37.1 Å². The lowest BCUT2D eigenvalue weighted by molar-refractivity contribution is 0.412. The summed E-state index contributed by atoms with van der Waals surface area (Å²) in [5, 5.41) is 3.63. The van der Waals surface area contributed by atoms with Gasteiger partial charge in [-0.3, -0.25) is 0 Å². The molecule has 0 aliphatic carbocycles. The van der Waals surface area contributed by atoms with E-state index in [-0.39, 0.29) is 6.04 Å². The first-order chi connectivity index (χ1) is 9.60. The van der Waals surface area contributed by atoms with Crippen molar-refractivity contribution in [1.29, 1.82) is 0 Å². The van der Waals surface area contributed by atoms with Gasteiger partial charge in [0.05, 0.1) is 7.11 Å². The second-order valence-electron chi connectivity index (χ2n) is 4.94. The molecule has 0 bridgehead atoms. The molecule has 0 fully saturated rings. The van der Waals surface area contributed by atoms with Crippen LogP contribution in [0, 0.1) is 3.57 Å². The molecule has 0 heterocycles. The highest BCUT2D eigenvalue weighted by molar-refractivity contribution is 14.1. The molecule has 2 rings (SSSR count). The van der Waals surface area contributed by atoms with E-state index in [0.717, 1.165) is 5.75 Å². The Kier molecular flexibility index (Phi) is 5.43. The van der Waals surface area contributed by atoms with Gasteiger partial charge in [-0.1, -0.05) is 24.3 Å². The lowest BCUT2D eigenvalue weighted by Gasteiger charge is -2.21. The van der Waals surface area contributed by atoms with Crippen molar-refractivity contribution in [3.63, 3.8) is 0 Å². The molecule has 2 nitrogen and oxygen atoms in total. The summed E-state index contributed by atoms with van der Waals surface area (Å²) in [6.45, 7) is 4.37. The number of methoxy groups -OCH3 is 1. The molecule has 2 atom stereocenters. The van der Waals surface area contributed by atoms with Crippen LogP contribution in [-0.4, -0.2) is 7.11 Å². The quantitative estimate of drug-likeness (QED) is 0.758. The van der Waals surface area contributed by atoms with Gasteiger partial charge in [0, 0.05) is 15.7 Å². The van der Waals surface area contributed by atoms with Crippen LogP contribution >= 0.6 is 22.6 Å². The van der Waals surface area contributed by atoms with Crippen molar-refractivity contribution in [3.05, 3.63) is 63.2 Å². The molecule has 0 radical (unpaired) electrons. The highest BCUT2D eigenvalue weighted by Crippen LogP contribution is 2.22. The first-order valence-corrected chi connectivity index (χ1v) is 7.83. The molecule has 20 heavy (non-hydrogen) atoms. The van der Waals surface area contributed by atoms with Gasteiger partial charge in [-0.15, -0.1) is 0 Å². The maximum Gasteiger partial charge on any atom is 0.119 e. The minimum absolute atomic E-state index is 0.277. The van der Waals surface area contributed by atoms with E-state index >= 15 is 0 Å². The van der Waals surface area contributed by atoms with E-state index < -0.39 is 0 Å². The van der Waals surface area contributed by atoms with Crippen LogP contribution in [0.15, 0.2) is 48.5 Å². The molecule has 0 aliphatic rings. The van der Waals surface area contributed by atoms with Crippen molar-refractivity contribution in [3.8, 4) is 5.75 Å². The maximum atomic E-state index is 5.28. The van der Waals surface area contributed by atoms with Crippen LogP contribution in [0.4, 0.5) is 0 Å². The van der Waals surface area contributed by atoms with Crippen LogP contribution in [0.3, 0.4) is 0 Å². The van der Waals surface area contributed by atoms with E-state index in [9.17, 15) is 0 Å². The Morgan fingerprint density at radius 2 is 1.60 bits per heavy atom. The van der Waals surface area contributed by atoms with Gasteiger partial charge in [0.2, 0.25) is 0 Å². The number of ether oxygens (including phenoxy) is 1. The van der Waals surface area contributed by atoms with Crippen molar-refractivity contribution < 1.29 is 4.74 Å². The largest absolute Gasteiger partial charge is 0.497 e. The summed E-state index contributed by atoms with van der Waals surface area (Å²) in [6, 6.07) is 17.4. The SMILES string of the molecule is COc1cccc(C(C)NC(C)c2ccc(I)cc2)c1. The van der Waals surface area contributed by atoms with Crippen LogP contribution in [0.5, 0.6) is 5.75 Å². The number of nitrogens with one attached hydrogen (secondary N) is 1. The number of hydrogen-bond donors (Lipinski definition) is 1. The van der Waals surface area contributed by atoms with E-state index in [1.54, 1.807) is 7.11 Å². The van der Waals surface area contributed by atoms with Gasteiger partial charge in [0.15, 0.2) is 0 Å². The van der Waals surface area contributed by atoms with Gasteiger partial charge in [-0.05, 0) is 71.8 Å². The van der Waals surface area contributed by atoms with Crippen LogP contribution in [-0.2, 0) is 0 Å². The third kappa shape index (κ3) is 3.96. The van der Waals surface area contributed by atoms with Gasteiger partial charge in [-0.25, -0.2) is 0 Å². The number of rotatable bonds is 5. The van der Waals surface area contributed by atoms with Crippen molar-refractivity contribution in [2.45, 2.75) is 25.9 Å². The van der Waals surface area contributed by atoms with Gasteiger partial charge < -0.3 is 10.1 Å².